The van der Waals surface area contributed by atoms with Crippen LogP contribution in [0.5, 0.6) is 0 Å². The van der Waals surface area contributed by atoms with Gasteiger partial charge in [0.15, 0.2) is 0 Å². The first kappa shape index (κ1) is 13.9. The van der Waals surface area contributed by atoms with Crippen molar-refractivity contribution in [3.05, 3.63) is 69.2 Å². The summed E-state index contributed by atoms with van der Waals surface area (Å²) in [6.07, 6.45) is 3.12. The Morgan fingerprint density at radius 1 is 0.950 bits per heavy atom. The van der Waals surface area contributed by atoms with E-state index in [1.54, 1.807) is 18.2 Å². The van der Waals surface area contributed by atoms with Gasteiger partial charge in [-0.3, -0.25) is 0 Å². The Balaban J connectivity index is 1.91. The fourth-order valence-corrected chi connectivity index (χ4v) is 3.19. The molecule has 1 aliphatic carbocycles. The van der Waals surface area contributed by atoms with Crippen LogP contribution in [-0.4, -0.2) is 5.11 Å². The van der Waals surface area contributed by atoms with Gasteiger partial charge in [0.25, 0.3) is 0 Å². The van der Waals surface area contributed by atoms with Crippen molar-refractivity contribution in [2.75, 3.05) is 0 Å². The molecule has 1 saturated carbocycles. The lowest BCUT2D eigenvalue weighted by molar-refractivity contribution is 0.220. The second kappa shape index (κ2) is 5.77. The molecule has 1 unspecified atom stereocenters. The molecular weight excluding hydrogens is 291 g/mol. The Labute approximate surface area is 129 Å². The van der Waals surface area contributed by atoms with Gasteiger partial charge in [0.2, 0.25) is 0 Å². The Hall–Kier alpha value is -1.02. The highest BCUT2D eigenvalue weighted by Gasteiger charge is 2.20. The highest BCUT2D eigenvalue weighted by molar-refractivity contribution is 6.34. The lowest BCUT2D eigenvalue weighted by Gasteiger charge is -2.26. The van der Waals surface area contributed by atoms with Gasteiger partial charge in [-0.1, -0.05) is 53.9 Å². The van der Waals surface area contributed by atoms with Crippen molar-refractivity contribution in [3.63, 3.8) is 0 Å². The number of hydrogen-bond donors (Lipinski definition) is 1. The third-order valence-corrected chi connectivity index (χ3v) is 4.44. The topological polar surface area (TPSA) is 20.2 Å². The molecule has 3 heteroatoms. The molecule has 0 radical (unpaired) electrons. The smallest absolute Gasteiger partial charge is 0.104 e. The fourth-order valence-electron chi connectivity index (χ4n) is 2.65. The molecular formula is C17H16Cl2O. The predicted octanol–water partition coefficient (Wildman–Crippen LogP) is 5.34. The van der Waals surface area contributed by atoms with Gasteiger partial charge in [-0.05, 0) is 53.6 Å². The van der Waals surface area contributed by atoms with Gasteiger partial charge in [-0.25, -0.2) is 0 Å². The van der Waals surface area contributed by atoms with Crippen molar-refractivity contribution in [1.29, 1.82) is 0 Å². The first-order valence-corrected chi connectivity index (χ1v) is 7.63. The minimum absolute atomic E-state index is 0.543. The summed E-state index contributed by atoms with van der Waals surface area (Å²) in [5, 5.41) is 11.6. The number of rotatable bonds is 3. The normalized spacial score (nSPS) is 16.8. The van der Waals surface area contributed by atoms with Gasteiger partial charge in [-0.2, -0.15) is 0 Å². The van der Waals surface area contributed by atoms with E-state index in [0.29, 0.717) is 16.0 Å². The van der Waals surface area contributed by atoms with Crippen LogP contribution in [0.3, 0.4) is 0 Å². The van der Waals surface area contributed by atoms with Crippen LogP contribution < -0.4 is 0 Å². The number of benzene rings is 2. The lowest BCUT2D eigenvalue weighted by Crippen LogP contribution is -2.09. The van der Waals surface area contributed by atoms with E-state index in [4.69, 9.17) is 23.2 Å². The first-order chi connectivity index (χ1) is 9.63. The summed E-state index contributed by atoms with van der Waals surface area (Å²) in [5.74, 6) is 0.657. The fraction of sp³-hybridized carbons (Fsp3) is 0.294. The van der Waals surface area contributed by atoms with Crippen LogP contribution >= 0.6 is 23.2 Å². The van der Waals surface area contributed by atoms with Crippen molar-refractivity contribution in [2.24, 2.45) is 0 Å². The van der Waals surface area contributed by atoms with Crippen molar-refractivity contribution < 1.29 is 5.11 Å². The molecule has 0 heterocycles. The summed E-state index contributed by atoms with van der Waals surface area (Å²) < 4.78 is 0. The van der Waals surface area contributed by atoms with E-state index in [0.717, 1.165) is 11.1 Å². The first-order valence-electron chi connectivity index (χ1n) is 6.87. The van der Waals surface area contributed by atoms with Crippen LogP contribution in [0, 0.1) is 0 Å². The average Bonchev–Trinajstić information content (AvgIpc) is 2.35. The van der Waals surface area contributed by atoms with E-state index in [2.05, 4.69) is 12.1 Å². The summed E-state index contributed by atoms with van der Waals surface area (Å²) in [6, 6.07) is 13.4. The molecule has 1 N–H and O–H groups in total. The summed E-state index contributed by atoms with van der Waals surface area (Å²) in [4.78, 5) is 0. The molecule has 1 fully saturated rings. The maximum Gasteiger partial charge on any atom is 0.104 e. The summed E-state index contributed by atoms with van der Waals surface area (Å²) in [5.41, 5.74) is 2.95. The quantitative estimate of drug-likeness (QED) is 0.811. The third-order valence-electron chi connectivity index (χ3n) is 4.00. The van der Waals surface area contributed by atoms with Crippen LogP contribution in [0.15, 0.2) is 42.5 Å². The van der Waals surface area contributed by atoms with Gasteiger partial charge in [0.1, 0.15) is 6.10 Å². The zero-order valence-electron chi connectivity index (χ0n) is 11.0. The van der Waals surface area contributed by atoms with E-state index in [9.17, 15) is 5.11 Å². The van der Waals surface area contributed by atoms with Crippen molar-refractivity contribution >= 4 is 23.2 Å². The molecule has 2 aromatic carbocycles. The van der Waals surface area contributed by atoms with Crippen LogP contribution in [0.1, 0.15) is 48.0 Å². The summed E-state index contributed by atoms with van der Waals surface area (Å²) >= 11 is 12.0. The van der Waals surface area contributed by atoms with Crippen molar-refractivity contribution in [1.82, 2.24) is 0 Å². The largest absolute Gasteiger partial charge is 0.384 e. The van der Waals surface area contributed by atoms with E-state index in [-0.39, 0.29) is 0 Å². The number of aliphatic hydroxyl groups excluding tert-OH is 1. The van der Waals surface area contributed by atoms with E-state index in [1.165, 1.54) is 24.8 Å². The van der Waals surface area contributed by atoms with Crippen LogP contribution in [0.2, 0.25) is 10.0 Å². The van der Waals surface area contributed by atoms with Crippen LogP contribution in [-0.2, 0) is 0 Å². The third kappa shape index (κ3) is 2.85. The molecule has 2 aromatic rings. The minimum atomic E-state index is -0.689. The average molecular weight is 307 g/mol. The zero-order chi connectivity index (χ0) is 14.1. The molecule has 0 aromatic heterocycles. The van der Waals surface area contributed by atoms with Crippen LogP contribution in [0.4, 0.5) is 0 Å². The van der Waals surface area contributed by atoms with Gasteiger partial charge in [0.05, 0.1) is 0 Å². The summed E-state index contributed by atoms with van der Waals surface area (Å²) in [7, 11) is 0. The Morgan fingerprint density at radius 2 is 1.65 bits per heavy atom. The maximum absolute atomic E-state index is 10.5. The van der Waals surface area contributed by atoms with Crippen LogP contribution in [0.25, 0.3) is 0 Å². The molecule has 1 nitrogen and oxygen atoms in total. The molecule has 3 rings (SSSR count). The molecule has 0 bridgehead atoms. The van der Waals surface area contributed by atoms with Gasteiger partial charge in [-0.15, -0.1) is 0 Å². The van der Waals surface area contributed by atoms with Crippen molar-refractivity contribution in [2.45, 2.75) is 31.3 Å². The molecule has 0 saturated heterocycles. The molecule has 1 aliphatic rings. The molecule has 104 valence electrons. The predicted molar refractivity (Wildman–Crippen MR) is 83.6 cm³/mol. The lowest BCUT2D eigenvalue weighted by atomic mass is 9.79. The van der Waals surface area contributed by atoms with Gasteiger partial charge < -0.3 is 5.11 Å². The number of hydrogen-bond acceptors (Lipinski definition) is 1. The molecule has 0 amide bonds. The Morgan fingerprint density at radius 3 is 2.25 bits per heavy atom. The van der Waals surface area contributed by atoms with E-state index >= 15 is 0 Å². The van der Waals surface area contributed by atoms with Gasteiger partial charge >= 0.3 is 0 Å². The second-order valence-electron chi connectivity index (χ2n) is 5.40. The molecule has 0 aliphatic heterocycles. The monoisotopic (exact) mass is 306 g/mol. The Kier molecular flexibility index (Phi) is 4.02. The molecule has 20 heavy (non-hydrogen) atoms. The summed E-state index contributed by atoms with van der Waals surface area (Å²) in [6.45, 7) is 0. The van der Waals surface area contributed by atoms with E-state index in [1.807, 2.05) is 12.1 Å². The number of aliphatic hydroxyl groups is 1. The molecule has 1 atom stereocenters. The highest BCUT2D eigenvalue weighted by atomic mass is 35.5. The highest BCUT2D eigenvalue weighted by Crippen LogP contribution is 2.37. The van der Waals surface area contributed by atoms with Crippen molar-refractivity contribution in [3.8, 4) is 0 Å². The number of halogens is 2. The SMILES string of the molecule is OC(c1cc(Cl)cc(Cl)c1)c1cccc(C2CCC2)c1. The molecule has 0 spiro atoms. The second-order valence-corrected chi connectivity index (χ2v) is 6.28. The minimum Gasteiger partial charge on any atom is -0.384 e. The standard InChI is InChI=1S/C17H16Cl2O/c18-15-8-14(9-16(19)10-15)17(20)13-6-2-5-12(7-13)11-3-1-4-11/h2,5-11,17,20H,1,3-4H2. The zero-order valence-corrected chi connectivity index (χ0v) is 12.5. The van der Waals surface area contributed by atoms with Gasteiger partial charge in [0, 0.05) is 10.0 Å². The van der Waals surface area contributed by atoms with E-state index < -0.39 is 6.10 Å². The Bertz CT molecular complexity index is 600. The maximum atomic E-state index is 10.5.